The van der Waals surface area contributed by atoms with Crippen LogP contribution in [0.25, 0.3) is 0 Å². The van der Waals surface area contributed by atoms with Gasteiger partial charge in [-0.3, -0.25) is 4.99 Å². The Kier molecular flexibility index (Phi) is 8.03. The minimum Gasteiger partial charge on any atom is -0.373 e. The number of hydrogen-bond acceptors (Lipinski definition) is 2. The Morgan fingerprint density at radius 1 is 1.10 bits per heavy atom. The smallest absolute Gasteiger partial charge is 0.373 e. The maximum atomic E-state index is 12.9. The average Bonchev–Trinajstić information content (AvgIpc) is 2.73. The molecule has 3 rings (SSSR count). The number of alkyl halides is 3. The Labute approximate surface area is 177 Å². The summed E-state index contributed by atoms with van der Waals surface area (Å²) in [4.78, 5) is 4.78. The van der Waals surface area contributed by atoms with Crippen LogP contribution in [0.1, 0.15) is 62.7 Å². The van der Waals surface area contributed by atoms with E-state index in [1.54, 1.807) is 0 Å². The fraction of sp³-hybridized carbons (Fsp3) is 0.696. The van der Waals surface area contributed by atoms with E-state index in [-0.39, 0.29) is 30.9 Å². The van der Waals surface area contributed by atoms with Gasteiger partial charge in [0.2, 0.25) is 0 Å². The fourth-order valence-corrected chi connectivity index (χ4v) is 4.44. The van der Waals surface area contributed by atoms with Crippen LogP contribution in [0.15, 0.2) is 29.3 Å². The molecule has 0 aromatic heterocycles. The van der Waals surface area contributed by atoms with Crippen LogP contribution in [0.2, 0.25) is 0 Å². The topological polar surface area (TPSA) is 45.7 Å². The Balaban J connectivity index is 1.60. The summed E-state index contributed by atoms with van der Waals surface area (Å²) in [6, 6.07) is 8.51. The van der Waals surface area contributed by atoms with E-state index in [1.807, 2.05) is 6.92 Å². The van der Waals surface area contributed by atoms with Crippen molar-refractivity contribution in [3.63, 3.8) is 0 Å². The van der Waals surface area contributed by atoms with Crippen molar-refractivity contribution in [1.29, 1.82) is 0 Å². The van der Waals surface area contributed by atoms with Gasteiger partial charge in [0.1, 0.15) is 0 Å². The van der Waals surface area contributed by atoms with E-state index >= 15 is 0 Å². The van der Waals surface area contributed by atoms with Crippen LogP contribution < -0.4 is 10.6 Å². The highest BCUT2D eigenvalue weighted by molar-refractivity contribution is 5.80. The van der Waals surface area contributed by atoms with E-state index in [0.717, 1.165) is 19.4 Å². The molecule has 1 aliphatic heterocycles. The predicted octanol–water partition coefficient (Wildman–Crippen LogP) is 5.14. The van der Waals surface area contributed by atoms with Crippen molar-refractivity contribution >= 4 is 5.96 Å². The summed E-state index contributed by atoms with van der Waals surface area (Å²) in [7, 11) is 0. The summed E-state index contributed by atoms with van der Waals surface area (Å²) in [5.74, 6) is -0.177. The number of aliphatic imine (C=N–C) groups is 1. The van der Waals surface area contributed by atoms with E-state index in [1.165, 1.54) is 11.1 Å². The Morgan fingerprint density at radius 2 is 1.80 bits per heavy atom. The van der Waals surface area contributed by atoms with E-state index in [2.05, 4.69) is 41.8 Å². The molecule has 2 N–H and O–H groups in total. The molecule has 4 nitrogen and oxygen atoms in total. The highest BCUT2D eigenvalue weighted by atomic mass is 19.4. The second-order valence-electron chi connectivity index (χ2n) is 8.56. The van der Waals surface area contributed by atoms with Gasteiger partial charge in [0, 0.05) is 31.7 Å². The number of aryl methyl sites for hydroxylation is 1. The van der Waals surface area contributed by atoms with Crippen LogP contribution in [0.5, 0.6) is 0 Å². The van der Waals surface area contributed by atoms with Gasteiger partial charge in [-0.05, 0) is 57.9 Å². The van der Waals surface area contributed by atoms with Crippen LogP contribution in [0, 0.1) is 18.8 Å². The molecule has 30 heavy (non-hydrogen) atoms. The molecular weight excluding hydrogens is 391 g/mol. The Bertz CT molecular complexity index is 682. The van der Waals surface area contributed by atoms with Crippen molar-refractivity contribution in [3.05, 3.63) is 35.4 Å². The fourth-order valence-electron chi connectivity index (χ4n) is 4.44. The molecule has 0 amide bonds. The molecule has 2 fully saturated rings. The van der Waals surface area contributed by atoms with Gasteiger partial charge in [0.15, 0.2) is 5.96 Å². The highest BCUT2D eigenvalue weighted by Gasteiger charge is 2.41. The summed E-state index contributed by atoms with van der Waals surface area (Å²) in [6.07, 6.45) is -0.547. The molecule has 168 valence electrons. The first-order valence-electron chi connectivity index (χ1n) is 11.2. The Hall–Kier alpha value is -1.76. The molecule has 0 spiro atoms. The number of rotatable bonds is 5. The first kappa shape index (κ1) is 22.9. The minimum absolute atomic E-state index is 0.0354. The molecular formula is C23H34F3N3O. The SMILES string of the molecule is CCNC(=NCC1CCCOC1c1ccc(C)cc1)NC1CCC(C(F)(F)F)CC1. The lowest BCUT2D eigenvalue weighted by Gasteiger charge is -2.32. The van der Waals surface area contributed by atoms with Gasteiger partial charge >= 0.3 is 6.18 Å². The lowest BCUT2D eigenvalue weighted by atomic mass is 9.85. The van der Waals surface area contributed by atoms with Gasteiger partial charge in [-0.25, -0.2) is 0 Å². The van der Waals surface area contributed by atoms with E-state index in [9.17, 15) is 13.2 Å². The monoisotopic (exact) mass is 425 g/mol. The van der Waals surface area contributed by atoms with Crippen molar-refractivity contribution in [1.82, 2.24) is 10.6 Å². The molecule has 1 heterocycles. The summed E-state index contributed by atoms with van der Waals surface area (Å²) >= 11 is 0. The van der Waals surface area contributed by atoms with E-state index in [4.69, 9.17) is 9.73 Å². The third kappa shape index (κ3) is 6.37. The summed E-state index contributed by atoms with van der Waals surface area (Å²) in [5.41, 5.74) is 2.41. The number of halogens is 3. The summed E-state index contributed by atoms with van der Waals surface area (Å²) < 4.78 is 44.8. The van der Waals surface area contributed by atoms with Gasteiger partial charge < -0.3 is 15.4 Å². The van der Waals surface area contributed by atoms with Crippen molar-refractivity contribution in [2.24, 2.45) is 16.8 Å². The van der Waals surface area contributed by atoms with Gasteiger partial charge in [-0.1, -0.05) is 29.8 Å². The molecule has 1 saturated carbocycles. The zero-order chi connectivity index (χ0) is 21.6. The first-order chi connectivity index (χ1) is 14.4. The molecule has 2 atom stereocenters. The van der Waals surface area contributed by atoms with E-state index < -0.39 is 12.1 Å². The standard InChI is InChI=1S/C23H34F3N3O/c1-3-27-22(29-20-12-10-19(11-13-20)23(24,25)26)28-15-18-5-4-14-30-21(18)17-8-6-16(2)7-9-17/h6-9,18-21H,3-5,10-15H2,1-2H3,(H2,27,28,29). The van der Waals surface area contributed by atoms with Crippen molar-refractivity contribution in [3.8, 4) is 0 Å². The maximum absolute atomic E-state index is 12.9. The minimum atomic E-state index is -4.07. The number of benzene rings is 1. The van der Waals surface area contributed by atoms with Crippen LogP contribution in [-0.2, 0) is 4.74 Å². The lowest BCUT2D eigenvalue weighted by Crippen LogP contribution is -2.46. The second kappa shape index (κ2) is 10.5. The maximum Gasteiger partial charge on any atom is 0.391 e. The quantitative estimate of drug-likeness (QED) is 0.507. The molecule has 2 unspecified atom stereocenters. The number of hydrogen-bond donors (Lipinski definition) is 2. The summed E-state index contributed by atoms with van der Waals surface area (Å²) in [6.45, 7) is 6.18. The van der Waals surface area contributed by atoms with Crippen molar-refractivity contribution < 1.29 is 17.9 Å². The molecule has 1 saturated heterocycles. The first-order valence-corrected chi connectivity index (χ1v) is 11.2. The van der Waals surface area contributed by atoms with Crippen LogP contribution in [0.4, 0.5) is 13.2 Å². The van der Waals surface area contributed by atoms with Gasteiger partial charge in [-0.2, -0.15) is 13.2 Å². The lowest BCUT2D eigenvalue weighted by molar-refractivity contribution is -0.182. The van der Waals surface area contributed by atoms with Gasteiger partial charge in [0.05, 0.1) is 12.0 Å². The predicted molar refractivity (Wildman–Crippen MR) is 114 cm³/mol. The second-order valence-corrected chi connectivity index (χ2v) is 8.56. The molecule has 0 radical (unpaired) electrons. The van der Waals surface area contributed by atoms with Crippen LogP contribution >= 0.6 is 0 Å². The van der Waals surface area contributed by atoms with Gasteiger partial charge in [-0.15, -0.1) is 0 Å². The normalized spacial score (nSPS) is 28.2. The van der Waals surface area contributed by atoms with Gasteiger partial charge in [0.25, 0.3) is 0 Å². The zero-order valence-corrected chi connectivity index (χ0v) is 18.0. The molecule has 1 aromatic carbocycles. The third-order valence-electron chi connectivity index (χ3n) is 6.21. The molecule has 1 aromatic rings. The highest BCUT2D eigenvalue weighted by Crippen LogP contribution is 2.37. The summed E-state index contributed by atoms with van der Waals surface area (Å²) in [5, 5.41) is 6.61. The third-order valence-corrected chi connectivity index (χ3v) is 6.21. The number of nitrogens with one attached hydrogen (secondary N) is 2. The molecule has 1 aliphatic carbocycles. The molecule has 2 aliphatic rings. The number of nitrogens with zero attached hydrogens (tertiary/aromatic N) is 1. The molecule has 7 heteroatoms. The largest absolute Gasteiger partial charge is 0.391 e. The van der Waals surface area contributed by atoms with Crippen molar-refractivity contribution in [2.45, 2.75) is 70.7 Å². The molecule has 0 bridgehead atoms. The zero-order valence-electron chi connectivity index (χ0n) is 18.0. The Morgan fingerprint density at radius 3 is 2.43 bits per heavy atom. The van der Waals surface area contributed by atoms with Crippen LogP contribution in [0.3, 0.4) is 0 Å². The number of ether oxygens (including phenoxy) is 1. The van der Waals surface area contributed by atoms with Crippen molar-refractivity contribution in [2.75, 3.05) is 19.7 Å². The average molecular weight is 426 g/mol. The number of guanidine groups is 1. The van der Waals surface area contributed by atoms with E-state index in [0.29, 0.717) is 31.9 Å². The van der Waals surface area contributed by atoms with Crippen LogP contribution in [-0.4, -0.2) is 37.9 Å².